The van der Waals surface area contributed by atoms with Gasteiger partial charge in [-0.3, -0.25) is 0 Å². The van der Waals surface area contributed by atoms with Gasteiger partial charge in [-0.2, -0.15) is 0 Å². The summed E-state index contributed by atoms with van der Waals surface area (Å²) in [5.41, 5.74) is 5.71. The Morgan fingerprint density at radius 2 is 2.00 bits per heavy atom. The van der Waals surface area contributed by atoms with Crippen molar-refractivity contribution in [1.29, 1.82) is 0 Å². The molecule has 2 aliphatic heterocycles. The summed E-state index contributed by atoms with van der Waals surface area (Å²) in [6.45, 7) is 5.56. The van der Waals surface area contributed by atoms with Gasteiger partial charge in [-0.15, -0.1) is 0 Å². The van der Waals surface area contributed by atoms with Gasteiger partial charge in [0.15, 0.2) is 0 Å². The molecule has 0 fully saturated rings. The molecule has 0 saturated carbocycles. The summed E-state index contributed by atoms with van der Waals surface area (Å²) in [5.74, 6) is 0. The molecule has 1 atom stereocenters. The highest BCUT2D eigenvalue weighted by molar-refractivity contribution is 5.74. The molecule has 0 unspecified atom stereocenters. The SMILES string of the molecule is CC1=CC=C2c3ccccc3[C@H](C)N2C1. The quantitative estimate of drug-likeness (QED) is 0.616. The Balaban J connectivity index is 2.18. The molecule has 15 heavy (non-hydrogen) atoms. The van der Waals surface area contributed by atoms with Crippen LogP contribution in [0, 0.1) is 0 Å². The standard InChI is InChI=1S/C14H15N/c1-10-7-8-14-13-6-4-3-5-12(13)11(2)15(14)9-10/h3-8,11H,9H2,1-2H3/t11-/m0/s1. The average molecular weight is 197 g/mol. The Bertz CT molecular complexity index is 468. The molecular weight excluding hydrogens is 182 g/mol. The lowest BCUT2D eigenvalue weighted by molar-refractivity contribution is 0.359. The van der Waals surface area contributed by atoms with Gasteiger partial charge in [0.1, 0.15) is 0 Å². The summed E-state index contributed by atoms with van der Waals surface area (Å²) in [6.07, 6.45) is 4.49. The van der Waals surface area contributed by atoms with Crippen LogP contribution in [0.2, 0.25) is 0 Å². The monoisotopic (exact) mass is 197 g/mol. The molecule has 0 aliphatic carbocycles. The smallest absolute Gasteiger partial charge is 0.0524 e. The first-order valence-corrected chi connectivity index (χ1v) is 5.51. The number of fused-ring (bicyclic) bond motifs is 3. The summed E-state index contributed by atoms with van der Waals surface area (Å²) >= 11 is 0. The van der Waals surface area contributed by atoms with Crippen molar-refractivity contribution < 1.29 is 0 Å². The molecule has 2 heterocycles. The summed E-state index contributed by atoms with van der Waals surface area (Å²) in [4.78, 5) is 2.49. The fourth-order valence-electron chi connectivity index (χ4n) is 2.58. The van der Waals surface area contributed by atoms with Gasteiger partial charge >= 0.3 is 0 Å². The highest BCUT2D eigenvalue weighted by Crippen LogP contribution is 2.42. The second kappa shape index (κ2) is 2.99. The zero-order valence-electron chi connectivity index (χ0n) is 9.20. The largest absolute Gasteiger partial charge is 0.360 e. The first-order chi connectivity index (χ1) is 7.27. The second-order valence-electron chi connectivity index (χ2n) is 4.46. The minimum atomic E-state index is 0.524. The molecule has 0 bridgehead atoms. The summed E-state index contributed by atoms with van der Waals surface area (Å²) < 4.78 is 0. The van der Waals surface area contributed by atoms with Crippen LogP contribution in [0.1, 0.15) is 31.0 Å². The Morgan fingerprint density at radius 1 is 1.20 bits per heavy atom. The maximum atomic E-state index is 2.49. The first-order valence-electron chi connectivity index (χ1n) is 5.51. The van der Waals surface area contributed by atoms with Crippen LogP contribution < -0.4 is 0 Å². The van der Waals surface area contributed by atoms with E-state index in [1.54, 1.807) is 0 Å². The fourth-order valence-corrected chi connectivity index (χ4v) is 2.58. The van der Waals surface area contributed by atoms with Crippen LogP contribution in [0.25, 0.3) is 5.70 Å². The molecule has 1 heteroatoms. The molecule has 0 N–H and O–H groups in total. The maximum absolute atomic E-state index is 2.49. The predicted octanol–water partition coefficient (Wildman–Crippen LogP) is 3.36. The summed E-state index contributed by atoms with van der Waals surface area (Å²) in [6, 6.07) is 9.26. The normalized spacial score (nSPS) is 23.1. The van der Waals surface area contributed by atoms with Gasteiger partial charge in [0.05, 0.1) is 6.04 Å². The van der Waals surface area contributed by atoms with Crippen molar-refractivity contribution in [3.8, 4) is 0 Å². The van der Waals surface area contributed by atoms with Crippen LogP contribution in [0.4, 0.5) is 0 Å². The van der Waals surface area contributed by atoms with Gasteiger partial charge in [0, 0.05) is 17.8 Å². The lowest BCUT2D eigenvalue weighted by Gasteiger charge is -2.28. The van der Waals surface area contributed by atoms with Crippen LogP contribution in [0.15, 0.2) is 42.0 Å². The van der Waals surface area contributed by atoms with Crippen molar-refractivity contribution in [2.24, 2.45) is 0 Å². The third-order valence-electron chi connectivity index (χ3n) is 3.41. The molecule has 76 valence electrons. The van der Waals surface area contributed by atoms with Gasteiger partial charge < -0.3 is 4.90 Å². The third-order valence-corrected chi connectivity index (χ3v) is 3.41. The highest BCUT2D eigenvalue weighted by Gasteiger charge is 2.30. The van der Waals surface area contributed by atoms with Crippen molar-refractivity contribution in [1.82, 2.24) is 4.90 Å². The highest BCUT2D eigenvalue weighted by atomic mass is 15.2. The molecule has 2 aliphatic rings. The van der Waals surface area contributed by atoms with Crippen LogP contribution in [-0.2, 0) is 0 Å². The predicted molar refractivity (Wildman–Crippen MR) is 63.3 cm³/mol. The molecule has 3 rings (SSSR count). The van der Waals surface area contributed by atoms with E-state index >= 15 is 0 Å². The lowest BCUT2D eigenvalue weighted by atomic mass is 10.0. The van der Waals surface area contributed by atoms with Crippen LogP contribution in [0.3, 0.4) is 0 Å². The number of benzene rings is 1. The van der Waals surface area contributed by atoms with E-state index < -0.39 is 0 Å². The van der Waals surface area contributed by atoms with E-state index in [4.69, 9.17) is 0 Å². The van der Waals surface area contributed by atoms with E-state index in [1.165, 1.54) is 22.4 Å². The Kier molecular flexibility index (Phi) is 1.75. The van der Waals surface area contributed by atoms with Gasteiger partial charge in [-0.25, -0.2) is 0 Å². The molecular formula is C14H15N. The minimum absolute atomic E-state index is 0.524. The number of hydrogen-bond donors (Lipinski definition) is 0. The zero-order chi connectivity index (χ0) is 10.4. The lowest BCUT2D eigenvalue weighted by Crippen LogP contribution is -2.23. The van der Waals surface area contributed by atoms with Gasteiger partial charge in [0.2, 0.25) is 0 Å². The Hall–Kier alpha value is -1.50. The fraction of sp³-hybridized carbons (Fsp3) is 0.286. The minimum Gasteiger partial charge on any atom is -0.360 e. The zero-order valence-corrected chi connectivity index (χ0v) is 9.20. The van der Waals surface area contributed by atoms with Gasteiger partial charge in [-0.1, -0.05) is 35.9 Å². The van der Waals surface area contributed by atoms with E-state index in [9.17, 15) is 0 Å². The molecule has 0 spiro atoms. The molecule has 1 aromatic carbocycles. The van der Waals surface area contributed by atoms with Crippen molar-refractivity contribution >= 4 is 5.70 Å². The molecule has 1 nitrogen and oxygen atoms in total. The Morgan fingerprint density at radius 3 is 2.87 bits per heavy atom. The van der Waals surface area contributed by atoms with Crippen LogP contribution in [0.5, 0.6) is 0 Å². The van der Waals surface area contributed by atoms with Gasteiger partial charge in [0.25, 0.3) is 0 Å². The van der Waals surface area contributed by atoms with Gasteiger partial charge in [-0.05, 0) is 25.5 Å². The van der Waals surface area contributed by atoms with Crippen molar-refractivity contribution in [2.45, 2.75) is 19.9 Å². The molecule has 0 radical (unpaired) electrons. The van der Waals surface area contributed by atoms with Crippen molar-refractivity contribution in [2.75, 3.05) is 6.54 Å². The molecule has 0 amide bonds. The van der Waals surface area contributed by atoms with Crippen molar-refractivity contribution in [3.05, 3.63) is 53.1 Å². The molecule has 0 saturated heterocycles. The molecule has 0 aromatic heterocycles. The van der Waals surface area contributed by atoms with E-state index in [2.05, 4.69) is 55.2 Å². The van der Waals surface area contributed by atoms with Crippen LogP contribution >= 0.6 is 0 Å². The van der Waals surface area contributed by atoms with Crippen molar-refractivity contribution in [3.63, 3.8) is 0 Å². The number of hydrogen-bond acceptors (Lipinski definition) is 1. The number of rotatable bonds is 0. The van der Waals surface area contributed by atoms with E-state index in [0.717, 1.165) is 6.54 Å². The Labute approximate surface area is 90.7 Å². The van der Waals surface area contributed by atoms with Crippen LogP contribution in [-0.4, -0.2) is 11.4 Å². The van der Waals surface area contributed by atoms with E-state index in [0.29, 0.717) is 6.04 Å². The average Bonchev–Trinajstić information content (AvgIpc) is 2.54. The number of allylic oxidation sites excluding steroid dienone is 2. The number of nitrogens with zero attached hydrogens (tertiary/aromatic N) is 1. The van der Waals surface area contributed by atoms with E-state index in [-0.39, 0.29) is 0 Å². The maximum Gasteiger partial charge on any atom is 0.0524 e. The topological polar surface area (TPSA) is 3.24 Å². The summed E-state index contributed by atoms with van der Waals surface area (Å²) in [5, 5.41) is 0. The van der Waals surface area contributed by atoms with E-state index in [1.807, 2.05) is 0 Å². The first kappa shape index (κ1) is 8.78. The third kappa shape index (κ3) is 1.16. The summed E-state index contributed by atoms with van der Waals surface area (Å²) in [7, 11) is 0. The second-order valence-corrected chi connectivity index (χ2v) is 4.46. The molecule has 1 aromatic rings.